The number of amides is 1. The normalized spacial score (nSPS) is 10.9. The highest BCUT2D eigenvalue weighted by atomic mass is 32.2. The lowest BCUT2D eigenvalue weighted by Gasteiger charge is -2.14. The number of rotatable bonds is 7. The van der Waals surface area contributed by atoms with Crippen LogP contribution in [0.25, 0.3) is 0 Å². The van der Waals surface area contributed by atoms with Crippen LogP contribution in [0, 0.1) is 0 Å². The maximum Gasteiger partial charge on any atom is 0.234 e. The van der Waals surface area contributed by atoms with E-state index < -0.39 is 0 Å². The standard InChI is InChI=1S/C11H20N4O2S/c1-14(4-5-16)8-10(17)12-6-9-7-13-11(18-3)15(9)2/h7,16H,4-6,8H2,1-3H3,(H,12,17). The molecule has 1 amide bonds. The first-order valence-electron chi connectivity index (χ1n) is 5.69. The fraction of sp³-hybridized carbons (Fsp3) is 0.636. The van der Waals surface area contributed by atoms with Crippen LogP contribution in [0.15, 0.2) is 11.4 Å². The molecule has 18 heavy (non-hydrogen) atoms. The summed E-state index contributed by atoms with van der Waals surface area (Å²) in [5.74, 6) is -0.0575. The first-order chi connectivity index (χ1) is 8.58. The van der Waals surface area contributed by atoms with Crippen molar-refractivity contribution in [3.8, 4) is 0 Å². The van der Waals surface area contributed by atoms with Crippen LogP contribution in [-0.4, -0.2) is 58.5 Å². The van der Waals surface area contributed by atoms with Crippen molar-refractivity contribution in [2.75, 3.05) is 33.0 Å². The minimum absolute atomic E-state index is 0.0575. The molecule has 1 aromatic heterocycles. The van der Waals surface area contributed by atoms with Gasteiger partial charge in [0.25, 0.3) is 0 Å². The number of thioether (sulfide) groups is 1. The zero-order valence-corrected chi connectivity index (χ0v) is 11.8. The van der Waals surface area contributed by atoms with Gasteiger partial charge in [-0.05, 0) is 13.3 Å². The fourth-order valence-corrected chi connectivity index (χ4v) is 2.07. The Bertz CT molecular complexity index is 394. The number of nitrogens with one attached hydrogen (secondary N) is 1. The number of aliphatic hydroxyl groups is 1. The predicted octanol–water partition coefficient (Wildman–Crippen LogP) is -0.318. The Morgan fingerprint density at radius 3 is 2.94 bits per heavy atom. The van der Waals surface area contributed by atoms with E-state index in [2.05, 4.69) is 10.3 Å². The SMILES string of the molecule is CSc1ncc(CNC(=O)CN(C)CCO)n1C. The summed E-state index contributed by atoms with van der Waals surface area (Å²) in [6.45, 7) is 1.31. The number of aliphatic hydroxyl groups excluding tert-OH is 1. The van der Waals surface area contributed by atoms with Gasteiger partial charge in [0.2, 0.25) is 5.91 Å². The second kappa shape index (κ2) is 7.40. The molecule has 0 aliphatic rings. The first kappa shape index (κ1) is 15.0. The maximum absolute atomic E-state index is 11.6. The molecule has 7 heteroatoms. The molecular weight excluding hydrogens is 252 g/mol. The van der Waals surface area contributed by atoms with Crippen LogP contribution in [-0.2, 0) is 18.4 Å². The van der Waals surface area contributed by atoms with E-state index >= 15 is 0 Å². The molecule has 0 unspecified atom stereocenters. The molecule has 0 bridgehead atoms. The molecule has 0 radical (unpaired) electrons. The van der Waals surface area contributed by atoms with Gasteiger partial charge < -0.3 is 15.0 Å². The van der Waals surface area contributed by atoms with Gasteiger partial charge in [-0.15, -0.1) is 0 Å². The number of carbonyl (C=O) groups is 1. The van der Waals surface area contributed by atoms with E-state index in [1.54, 1.807) is 29.9 Å². The van der Waals surface area contributed by atoms with E-state index in [1.807, 2.05) is 17.9 Å². The molecule has 1 aromatic rings. The van der Waals surface area contributed by atoms with E-state index in [9.17, 15) is 4.79 Å². The van der Waals surface area contributed by atoms with Crippen molar-refractivity contribution in [2.24, 2.45) is 7.05 Å². The average Bonchev–Trinajstić information content (AvgIpc) is 2.67. The molecule has 0 saturated carbocycles. The molecule has 0 aliphatic carbocycles. The van der Waals surface area contributed by atoms with E-state index in [4.69, 9.17) is 5.11 Å². The van der Waals surface area contributed by atoms with E-state index in [0.29, 0.717) is 13.1 Å². The van der Waals surface area contributed by atoms with E-state index in [0.717, 1.165) is 10.9 Å². The second-order valence-electron chi connectivity index (χ2n) is 4.03. The number of nitrogens with zero attached hydrogens (tertiary/aromatic N) is 3. The summed E-state index contributed by atoms with van der Waals surface area (Å²) in [5.41, 5.74) is 0.970. The number of likely N-dealkylation sites (N-methyl/N-ethyl adjacent to an activating group) is 1. The van der Waals surface area contributed by atoms with E-state index in [-0.39, 0.29) is 19.1 Å². The Morgan fingerprint density at radius 1 is 1.67 bits per heavy atom. The Kier molecular flexibility index (Phi) is 6.17. The minimum atomic E-state index is -0.0575. The van der Waals surface area contributed by atoms with Crippen LogP contribution in [0.3, 0.4) is 0 Å². The minimum Gasteiger partial charge on any atom is -0.395 e. The highest BCUT2D eigenvalue weighted by Crippen LogP contribution is 2.13. The predicted molar refractivity (Wildman–Crippen MR) is 71.4 cm³/mol. The summed E-state index contributed by atoms with van der Waals surface area (Å²) in [7, 11) is 3.73. The molecule has 0 fully saturated rings. The molecule has 2 N–H and O–H groups in total. The van der Waals surface area contributed by atoms with Crippen LogP contribution in [0.5, 0.6) is 0 Å². The Hall–Kier alpha value is -1.05. The zero-order valence-electron chi connectivity index (χ0n) is 11.0. The van der Waals surface area contributed by atoms with Gasteiger partial charge in [0.15, 0.2) is 5.16 Å². The van der Waals surface area contributed by atoms with Crippen molar-refractivity contribution in [1.29, 1.82) is 0 Å². The molecular formula is C11H20N4O2S. The summed E-state index contributed by atoms with van der Waals surface area (Å²) in [5, 5.41) is 12.5. The van der Waals surface area contributed by atoms with Gasteiger partial charge in [0.05, 0.1) is 31.6 Å². The summed E-state index contributed by atoms with van der Waals surface area (Å²) < 4.78 is 1.96. The van der Waals surface area contributed by atoms with Gasteiger partial charge in [-0.1, -0.05) is 11.8 Å². The number of hydrogen-bond acceptors (Lipinski definition) is 5. The summed E-state index contributed by atoms with van der Waals surface area (Å²) in [6.07, 6.45) is 3.73. The fourth-order valence-electron chi connectivity index (χ4n) is 1.52. The number of aromatic nitrogens is 2. The third kappa shape index (κ3) is 4.32. The van der Waals surface area contributed by atoms with Crippen LogP contribution in [0.4, 0.5) is 0 Å². The van der Waals surface area contributed by atoms with Crippen molar-refractivity contribution < 1.29 is 9.90 Å². The molecule has 0 aliphatic heterocycles. The lowest BCUT2D eigenvalue weighted by Crippen LogP contribution is -2.36. The van der Waals surface area contributed by atoms with Gasteiger partial charge in [-0.25, -0.2) is 4.98 Å². The van der Waals surface area contributed by atoms with Gasteiger partial charge >= 0.3 is 0 Å². The van der Waals surface area contributed by atoms with Crippen LogP contribution >= 0.6 is 11.8 Å². The van der Waals surface area contributed by atoms with Crippen molar-refractivity contribution in [2.45, 2.75) is 11.7 Å². The Labute approximate surface area is 111 Å². The lowest BCUT2D eigenvalue weighted by atomic mass is 10.4. The van der Waals surface area contributed by atoms with Crippen LogP contribution in [0.2, 0.25) is 0 Å². The molecule has 6 nitrogen and oxygen atoms in total. The average molecular weight is 272 g/mol. The number of hydrogen-bond donors (Lipinski definition) is 2. The van der Waals surface area contributed by atoms with Crippen molar-refractivity contribution in [1.82, 2.24) is 19.8 Å². The van der Waals surface area contributed by atoms with Crippen molar-refractivity contribution >= 4 is 17.7 Å². The lowest BCUT2D eigenvalue weighted by molar-refractivity contribution is -0.122. The van der Waals surface area contributed by atoms with Gasteiger partial charge in [-0.3, -0.25) is 9.69 Å². The molecule has 1 rings (SSSR count). The third-order valence-electron chi connectivity index (χ3n) is 2.59. The summed E-state index contributed by atoms with van der Waals surface area (Å²) in [6, 6.07) is 0. The highest BCUT2D eigenvalue weighted by Gasteiger charge is 2.08. The molecule has 0 saturated heterocycles. The van der Waals surface area contributed by atoms with Gasteiger partial charge in [0.1, 0.15) is 0 Å². The van der Waals surface area contributed by atoms with E-state index in [1.165, 1.54) is 0 Å². The smallest absolute Gasteiger partial charge is 0.234 e. The van der Waals surface area contributed by atoms with Crippen LogP contribution < -0.4 is 5.32 Å². The molecule has 0 aromatic carbocycles. The third-order valence-corrected chi connectivity index (χ3v) is 3.33. The van der Waals surface area contributed by atoms with Gasteiger partial charge in [0, 0.05) is 13.6 Å². The molecule has 0 atom stereocenters. The largest absolute Gasteiger partial charge is 0.395 e. The van der Waals surface area contributed by atoms with Crippen molar-refractivity contribution in [3.63, 3.8) is 0 Å². The topological polar surface area (TPSA) is 70.4 Å². The number of imidazole rings is 1. The zero-order chi connectivity index (χ0) is 13.5. The Morgan fingerprint density at radius 2 is 2.39 bits per heavy atom. The quantitative estimate of drug-likeness (QED) is 0.666. The van der Waals surface area contributed by atoms with Crippen molar-refractivity contribution in [3.05, 3.63) is 11.9 Å². The van der Waals surface area contributed by atoms with Gasteiger partial charge in [-0.2, -0.15) is 0 Å². The first-order valence-corrected chi connectivity index (χ1v) is 6.91. The number of carbonyl (C=O) groups excluding carboxylic acids is 1. The Balaban J connectivity index is 2.40. The second-order valence-corrected chi connectivity index (χ2v) is 4.81. The molecule has 102 valence electrons. The van der Waals surface area contributed by atoms with Crippen LogP contribution in [0.1, 0.15) is 5.69 Å². The maximum atomic E-state index is 11.6. The monoisotopic (exact) mass is 272 g/mol. The summed E-state index contributed by atoms with van der Waals surface area (Å²) >= 11 is 1.57. The molecule has 0 spiro atoms. The highest BCUT2D eigenvalue weighted by molar-refractivity contribution is 7.98. The summed E-state index contributed by atoms with van der Waals surface area (Å²) in [4.78, 5) is 17.6. The molecule has 1 heterocycles.